The van der Waals surface area contributed by atoms with Gasteiger partial charge in [0, 0.05) is 24.5 Å². The van der Waals surface area contributed by atoms with E-state index in [9.17, 15) is 9.59 Å². The lowest BCUT2D eigenvalue weighted by Crippen LogP contribution is -2.34. The predicted molar refractivity (Wildman–Crippen MR) is 83.2 cm³/mol. The zero-order chi connectivity index (χ0) is 15.5. The number of benzene rings is 1. The molecular formula is C15H15N5O2. The van der Waals surface area contributed by atoms with E-state index in [4.69, 9.17) is 0 Å². The van der Waals surface area contributed by atoms with Crippen molar-refractivity contribution in [2.45, 2.75) is 6.54 Å². The Morgan fingerprint density at radius 2 is 2.05 bits per heavy atom. The quantitative estimate of drug-likeness (QED) is 0.695. The van der Waals surface area contributed by atoms with Crippen LogP contribution in [0.3, 0.4) is 0 Å². The number of hydrogen-bond donors (Lipinski definition) is 4. The molecule has 0 spiro atoms. The predicted octanol–water partition coefficient (Wildman–Crippen LogP) is 1.82. The maximum Gasteiger partial charge on any atom is 0.320 e. The second kappa shape index (κ2) is 5.72. The number of pyridine rings is 1. The summed E-state index contributed by atoms with van der Waals surface area (Å²) >= 11 is 0. The first-order chi connectivity index (χ1) is 10.7. The largest absolute Gasteiger partial charge is 0.355 e. The van der Waals surface area contributed by atoms with Crippen LogP contribution >= 0.6 is 0 Å². The highest BCUT2D eigenvalue weighted by Gasteiger charge is 2.19. The Bertz CT molecular complexity index is 744. The summed E-state index contributed by atoms with van der Waals surface area (Å²) in [7, 11) is 1.59. The molecule has 2 aromatic rings. The first kappa shape index (κ1) is 13.9. The maximum atomic E-state index is 11.9. The third-order valence-corrected chi connectivity index (χ3v) is 3.38. The number of para-hydroxylation sites is 1. The maximum absolute atomic E-state index is 11.9. The number of hydrogen-bond acceptors (Lipinski definition) is 4. The molecule has 1 aliphatic rings. The van der Waals surface area contributed by atoms with Crippen LogP contribution in [0, 0.1) is 0 Å². The summed E-state index contributed by atoms with van der Waals surface area (Å²) in [6.07, 6.45) is 1.61. The number of nitrogens with zero attached hydrogens (tertiary/aromatic N) is 1. The molecule has 0 aliphatic carbocycles. The Morgan fingerprint density at radius 1 is 1.23 bits per heavy atom. The summed E-state index contributed by atoms with van der Waals surface area (Å²) < 4.78 is 0. The van der Waals surface area contributed by atoms with Gasteiger partial charge in [0.05, 0.1) is 17.8 Å². The summed E-state index contributed by atoms with van der Waals surface area (Å²) in [5.74, 6) is 0.351. The number of aromatic nitrogens is 1. The van der Waals surface area contributed by atoms with Crippen molar-refractivity contribution >= 4 is 29.1 Å². The molecule has 1 aromatic heterocycles. The number of amides is 3. The fraction of sp³-hybridized carbons (Fsp3) is 0.133. The first-order valence-electron chi connectivity index (χ1n) is 6.80. The highest BCUT2D eigenvalue weighted by molar-refractivity contribution is 6.00. The molecule has 112 valence electrons. The molecule has 3 amide bonds. The van der Waals surface area contributed by atoms with Gasteiger partial charge in [0.2, 0.25) is 0 Å². The molecule has 0 fully saturated rings. The number of carbonyl (C=O) groups is 2. The van der Waals surface area contributed by atoms with E-state index in [0.29, 0.717) is 23.6 Å². The Morgan fingerprint density at radius 3 is 2.86 bits per heavy atom. The Hall–Kier alpha value is -3.09. The third kappa shape index (κ3) is 2.56. The number of nitrogens with one attached hydrogen (secondary N) is 4. The lowest BCUT2D eigenvalue weighted by molar-refractivity contribution is 0.0964. The fourth-order valence-corrected chi connectivity index (χ4v) is 2.29. The molecule has 0 saturated carbocycles. The van der Waals surface area contributed by atoms with Gasteiger partial charge in [-0.1, -0.05) is 12.1 Å². The van der Waals surface area contributed by atoms with Crippen molar-refractivity contribution < 1.29 is 9.59 Å². The van der Waals surface area contributed by atoms with Crippen LogP contribution in [0.25, 0.3) is 0 Å². The van der Waals surface area contributed by atoms with Crippen LogP contribution in [-0.4, -0.2) is 24.0 Å². The zero-order valence-corrected chi connectivity index (χ0v) is 11.9. The number of urea groups is 1. The van der Waals surface area contributed by atoms with Gasteiger partial charge in [-0.15, -0.1) is 0 Å². The second-order valence-electron chi connectivity index (χ2n) is 4.74. The van der Waals surface area contributed by atoms with E-state index < -0.39 is 0 Å². The van der Waals surface area contributed by atoms with Crippen molar-refractivity contribution in [2.75, 3.05) is 17.7 Å². The van der Waals surface area contributed by atoms with Gasteiger partial charge in [0.1, 0.15) is 5.82 Å². The monoisotopic (exact) mass is 297 g/mol. The SMILES string of the molecule is CNC(=O)c1ccccc1Nc1ccnc2c1CNC(=O)N2. The molecule has 7 nitrogen and oxygen atoms in total. The van der Waals surface area contributed by atoms with E-state index in [1.54, 1.807) is 31.4 Å². The summed E-state index contributed by atoms with van der Waals surface area (Å²) in [5.41, 5.74) is 2.86. The van der Waals surface area contributed by atoms with Crippen LogP contribution in [0.1, 0.15) is 15.9 Å². The summed E-state index contributed by atoms with van der Waals surface area (Å²) in [6, 6.07) is 8.75. The number of fused-ring (bicyclic) bond motifs is 1. The van der Waals surface area contributed by atoms with Gasteiger partial charge >= 0.3 is 6.03 Å². The number of carbonyl (C=O) groups excluding carboxylic acids is 2. The van der Waals surface area contributed by atoms with Crippen molar-refractivity contribution in [2.24, 2.45) is 0 Å². The molecule has 0 unspecified atom stereocenters. The Kier molecular flexibility index (Phi) is 3.61. The first-order valence-corrected chi connectivity index (χ1v) is 6.80. The van der Waals surface area contributed by atoms with Crippen LogP contribution in [0.4, 0.5) is 22.0 Å². The van der Waals surface area contributed by atoms with Crippen LogP contribution in [0.5, 0.6) is 0 Å². The van der Waals surface area contributed by atoms with Gasteiger partial charge < -0.3 is 16.0 Å². The molecular weight excluding hydrogens is 282 g/mol. The molecule has 7 heteroatoms. The van der Waals surface area contributed by atoms with Crippen LogP contribution < -0.4 is 21.3 Å². The van der Waals surface area contributed by atoms with Crippen LogP contribution in [0.15, 0.2) is 36.5 Å². The third-order valence-electron chi connectivity index (χ3n) is 3.38. The molecule has 22 heavy (non-hydrogen) atoms. The Balaban J connectivity index is 1.97. The van der Waals surface area contributed by atoms with Crippen LogP contribution in [0.2, 0.25) is 0 Å². The molecule has 1 aromatic carbocycles. The minimum Gasteiger partial charge on any atom is -0.355 e. The minimum absolute atomic E-state index is 0.169. The fourth-order valence-electron chi connectivity index (χ4n) is 2.29. The molecule has 2 heterocycles. The number of anilines is 3. The van der Waals surface area contributed by atoms with Gasteiger partial charge in [0.25, 0.3) is 5.91 Å². The van der Waals surface area contributed by atoms with Crippen molar-refractivity contribution in [1.29, 1.82) is 0 Å². The molecule has 3 rings (SSSR count). The number of rotatable bonds is 3. The normalized spacial score (nSPS) is 12.7. The van der Waals surface area contributed by atoms with Crippen LogP contribution in [-0.2, 0) is 6.54 Å². The molecule has 0 bridgehead atoms. The van der Waals surface area contributed by atoms with E-state index >= 15 is 0 Å². The second-order valence-corrected chi connectivity index (χ2v) is 4.74. The van der Waals surface area contributed by atoms with E-state index in [0.717, 1.165) is 11.3 Å². The van der Waals surface area contributed by atoms with Gasteiger partial charge in [-0.25, -0.2) is 9.78 Å². The Labute approximate surface area is 127 Å². The summed E-state index contributed by atoms with van der Waals surface area (Å²) in [6.45, 7) is 0.374. The average Bonchev–Trinajstić information content (AvgIpc) is 2.54. The molecule has 0 radical (unpaired) electrons. The minimum atomic E-state index is -0.275. The van der Waals surface area contributed by atoms with E-state index in [-0.39, 0.29) is 11.9 Å². The molecule has 0 atom stereocenters. The van der Waals surface area contributed by atoms with Crippen molar-refractivity contribution in [3.05, 3.63) is 47.7 Å². The highest BCUT2D eigenvalue weighted by Crippen LogP contribution is 2.28. The van der Waals surface area contributed by atoms with E-state index in [2.05, 4.69) is 26.3 Å². The lowest BCUT2D eigenvalue weighted by Gasteiger charge is -2.21. The smallest absolute Gasteiger partial charge is 0.320 e. The zero-order valence-electron chi connectivity index (χ0n) is 11.9. The molecule has 0 saturated heterocycles. The van der Waals surface area contributed by atoms with Crippen molar-refractivity contribution in [3.63, 3.8) is 0 Å². The lowest BCUT2D eigenvalue weighted by atomic mass is 10.1. The van der Waals surface area contributed by atoms with Gasteiger partial charge in [0.15, 0.2) is 0 Å². The van der Waals surface area contributed by atoms with Gasteiger partial charge in [-0.2, -0.15) is 0 Å². The van der Waals surface area contributed by atoms with Crippen molar-refractivity contribution in [3.8, 4) is 0 Å². The summed E-state index contributed by atoms with van der Waals surface area (Å²) in [4.78, 5) is 27.4. The van der Waals surface area contributed by atoms with Crippen molar-refractivity contribution in [1.82, 2.24) is 15.6 Å². The standard InChI is InChI=1S/C15H15N5O2/c1-16-14(21)9-4-2-3-5-11(9)19-12-6-7-17-13-10(12)8-18-15(22)20-13/h2-7H,8H2,1H3,(H,16,21)(H3,17,18,19,20,22). The highest BCUT2D eigenvalue weighted by atomic mass is 16.2. The van der Waals surface area contributed by atoms with Gasteiger partial charge in [-0.05, 0) is 18.2 Å². The topological polar surface area (TPSA) is 95.2 Å². The molecule has 1 aliphatic heterocycles. The average molecular weight is 297 g/mol. The molecule has 4 N–H and O–H groups in total. The van der Waals surface area contributed by atoms with E-state index in [1.165, 1.54) is 0 Å². The van der Waals surface area contributed by atoms with Gasteiger partial charge in [-0.3, -0.25) is 10.1 Å². The summed E-state index contributed by atoms with van der Waals surface area (Å²) in [5, 5.41) is 11.2. The van der Waals surface area contributed by atoms with E-state index in [1.807, 2.05) is 12.1 Å².